The molecule has 0 aromatic carbocycles. The average Bonchev–Trinajstić information content (AvgIpc) is 1.59. The highest BCUT2D eigenvalue weighted by atomic mass is 16.5. The van der Waals surface area contributed by atoms with Crippen LogP contribution in [0.25, 0.3) is 0 Å². The van der Waals surface area contributed by atoms with Crippen LogP contribution < -0.4 is 0 Å². The number of carboxylic acids is 1. The molecular weight excluding hydrogens is 132 g/mol. The van der Waals surface area contributed by atoms with E-state index < -0.39 is 5.97 Å². The minimum absolute atomic E-state index is 0.176. The fourth-order valence-corrected chi connectivity index (χ4v) is 0.144. The first-order chi connectivity index (χ1) is 4.64. The van der Waals surface area contributed by atoms with E-state index in [1.165, 1.54) is 13.3 Å². The Morgan fingerprint density at radius 2 is 1.80 bits per heavy atom. The minimum atomic E-state index is -0.935. The molecule has 0 unspecified atom stereocenters. The number of ether oxygens (including phenoxy) is 1. The molecule has 3 heteroatoms. The normalized spacial score (nSPS) is 14.1. The van der Waals surface area contributed by atoms with Gasteiger partial charge in [-0.25, -0.2) is 4.79 Å². The van der Waals surface area contributed by atoms with Crippen molar-refractivity contribution in [2.45, 2.75) is 13.3 Å². The summed E-state index contributed by atoms with van der Waals surface area (Å²) >= 11 is 0. The first-order valence-corrected chi connectivity index (χ1v) is 3.11. The molecule has 1 fully saturated rings. The predicted molar refractivity (Wildman–Crippen MR) is 37.9 cm³/mol. The van der Waals surface area contributed by atoms with Crippen molar-refractivity contribution in [3.8, 4) is 0 Å². The molecule has 1 N–H and O–H groups in total. The Labute approximate surface area is 60.3 Å². The second-order valence-electron chi connectivity index (χ2n) is 2.05. The Bertz CT molecular complexity index is 109. The highest BCUT2D eigenvalue weighted by Crippen LogP contribution is 1.93. The number of rotatable bonds is 1. The molecule has 1 rings (SSSR count). The number of hydrogen-bond donors (Lipinski definition) is 1. The van der Waals surface area contributed by atoms with Crippen molar-refractivity contribution in [3.05, 3.63) is 12.2 Å². The molecule has 58 valence electrons. The molecule has 0 bridgehead atoms. The molecule has 1 heterocycles. The number of hydrogen-bond acceptors (Lipinski definition) is 2. The largest absolute Gasteiger partial charge is 0.478 e. The van der Waals surface area contributed by atoms with E-state index in [1.807, 2.05) is 0 Å². The van der Waals surface area contributed by atoms with E-state index in [2.05, 4.69) is 6.58 Å². The van der Waals surface area contributed by atoms with Gasteiger partial charge in [-0.2, -0.15) is 0 Å². The molecule has 0 spiro atoms. The lowest BCUT2D eigenvalue weighted by atomic mass is 10.4. The molecule has 1 saturated heterocycles. The molecule has 3 nitrogen and oxygen atoms in total. The molecule has 0 atom stereocenters. The van der Waals surface area contributed by atoms with Gasteiger partial charge in [0.25, 0.3) is 0 Å². The number of carboxylic acid groups (broad SMARTS) is 1. The van der Waals surface area contributed by atoms with Gasteiger partial charge in [-0.3, -0.25) is 0 Å². The molecule has 10 heavy (non-hydrogen) atoms. The third-order valence-corrected chi connectivity index (χ3v) is 0.942. The van der Waals surface area contributed by atoms with Crippen molar-refractivity contribution >= 4 is 5.97 Å². The van der Waals surface area contributed by atoms with Gasteiger partial charge in [-0.15, -0.1) is 0 Å². The number of aliphatic carboxylic acids is 1. The van der Waals surface area contributed by atoms with Crippen molar-refractivity contribution in [1.82, 2.24) is 0 Å². The van der Waals surface area contributed by atoms with E-state index in [1.54, 1.807) is 0 Å². The molecule has 0 radical (unpaired) electrons. The second kappa shape index (κ2) is 4.99. The maximum Gasteiger partial charge on any atom is 0.330 e. The van der Waals surface area contributed by atoms with Crippen molar-refractivity contribution < 1.29 is 14.6 Å². The molecule has 0 aromatic heterocycles. The van der Waals surface area contributed by atoms with Gasteiger partial charge < -0.3 is 9.84 Å². The van der Waals surface area contributed by atoms with Crippen molar-refractivity contribution in [2.75, 3.05) is 13.2 Å². The summed E-state index contributed by atoms with van der Waals surface area (Å²) in [6.07, 6.45) is 1.28. The van der Waals surface area contributed by atoms with Crippen LogP contribution in [0.3, 0.4) is 0 Å². The van der Waals surface area contributed by atoms with Crippen LogP contribution in [0, 0.1) is 0 Å². The molecule has 0 aromatic rings. The fourth-order valence-electron chi connectivity index (χ4n) is 0.144. The molecule has 1 aliphatic heterocycles. The van der Waals surface area contributed by atoms with E-state index in [-0.39, 0.29) is 5.57 Å². The molecule has 1 aliphatic rings. The second-order valence-corrected chi connectivity index (χ2v) is 2.05. The van der Waals surface area contributed by atoms with E-state index >= 15 is 0 Å². The van der Waals surface area contributed by atoms with Crippen molar-refractivity contribution in [3.63, 3.8) is 0 Å². The van der Waals surface area contributed by atoms with Gasteiger partial charge >= 0.3 is 5.97 Å². The van der Waals surface area contributed by atoms with Crippen molar-refractivity contribution in [1.29, 1.82) is 0 Å². The Kier molecular flexibility index (Phi) is 4.58. The van der Waals surface area contributed by atoms with Crippen LogP contribution in [0.1, 0.15) is 13.3 Å². The van der Waals surface area contributed by atoms with Gasteiger partial charge in [0, 0.05) is 18.8 Å². The van der Waals surface area contributed by atoms with Crippen LogP contribution in [0.15, 0.2) is 12.2 Å². The highest BCUT2D eigenvalue weighted by Gasteiger charge is 1.94. The van der Waals surface area contributed by atoms with Crippen LogP contribution in [-0.4, -0.2) is 24.3 Å². The molecule has 0 saturated carbocycles. The Balaban J connectivity index is 0.000000172. The lowest BCUT2D eigenvalue weighted by Gasteiger charge is -2.09. The van der Waals surface area contributed by atoms with E-state index in [0.717, 1.165) is 13.2 Å². The Morgan fingerprint density at radius 1 is 1.60 bits per heavy atom. The lowest BCUT2D eigenvalue weighted by molar-refractivity contribution is -0.132. The zero-order valence-electron chi connectivity index (χ0n) is 6.09. The Hall–Kier alpha value is -0.830. The average molecular weight is 144 g/mol. The van der Waals surface area contributed by atoms with Crippen LogP contribution >= 0.6 is 0 Å². The molecular formula is C7H12O3. The predicted octanol–water partition coefficient (Wildman–Crippen LogP) is 1.05. The first kappa shape index (κ1) is 9.17. The summed E-state index contributed by atoms with van der Waals surface area (Å²) < 4.78 is 4.72. The smallest absolute Gasteiger partial charge is 0.330 e. The quantitative estimate of drug-likeness (QED) is 0.559. The van der Waals surface area contributed by atoms with Crippen LogP contribution in [0.5, 0.6) is 0 Å². The summed E-state index contributed by atoms with van der Waals surface area (Å²) in [4.78, 5) is 9.60. The van der Waals surface area contributed by atoms with E-state index in [0.29, 0.717) is 0 Å². The van der Waals surface area contributed by atoms with E-state index in [9.17, 15) is 4.79 Å². The van der Waals surface area contributed by atoms with Crippen molar-refractivity contribution in [2.24, 2.45) is 0 Å². The van der Waals surface area contributed by atoms with Gasteiger partial charge in [0.15, 0.2) is 0 Å². The SMILES string of the molecule is C1COC1.C=C(C)C(=O)O. The third-order valence-electron chi connectivity index (χ3n) is 0.942. The summed E-state index contributed by atoms with van der Waals surface area (Å²) in [5.41, 5.74) is 0.176. The van der Waals surface area contributed by atoms with E-state index in [4.69, 9.17) is 9.84 Å². The van der Waals surface area contributed by atoms with Crippen LogP contribution in [0.2, 0.25) is 0 Å². The fraction of sp³-hybridized carbons (Fsp3) is 0.571. The lowest BCUT2D eigenvalue weighted by Crippen LogP contribution is -2.09. The summed E-state index contributed by atoms with van der Waals surface area (Å²) in [7, 11) is 0. The third kappa shape index (κ3) is 5.31. The molecule has 0 aliphatic carbocycles. The summed E-state index contributed by atoms with van der Waals surface area (Å²) in [6, 6.07) is 0. The van der Waals surface area contributed by atoms with Crippen LogP contribution in [-0.2, 0) is 9.53 Å². The first-order valence-electron chi connectivity index (χ1n) is 3.11. The standard InChI is InChI=1S/C4H6O2.C3H6O/c1-3(2)4(5)6;1-2-4-3-1/h1H2,2H3,(H,5,6);1-3H2. The highest BCUT2D eigenvalue weighted by molar-refractivity contribution is 5.84. The summed E-state index contributed by atoms with van der Waals surface area (Å²) in [6.45, 7) is 6.60. The van der Waals surface area contributed by atoms with Gasteiger partial charge in [0.2, 0.25) is 0 Å². The summed E-state index contributed by atoms with van der Waals surface area (Å²) in [5.74, 6) is -0.935. The number of carbonyl (C=O) groups is 1. The maximum absolute atomic E-state index is 9.60. The topological polar surface area (TPSA) is 46.5 Å². The van der Waals surface area contributed by atoms with Gasteiger partial charge in [0.1, 0.15) is 0 Å². The minimum Gasteiger partial charge on any atom is -0.478 e. The zero-order chi connectivity index (χ0) is 7.98. The maximum atomic E-state index is 9.60. The zero-order valence-corrected chi connectivity index (χ0v) is 6.09. The Morgan fingerprint density at radius 3 is 1.80 bits per heavy atom. The summed E-state index contributed by atoms with van der Waals surface area (Å²) in [5, 5.41) is 7.89. The van der Waals surface area contributed by atoms with Crippen LogP contribution in [0.4, 0.5) is 0 Å². The molecule has 0 amide bonds. The van der Waals surface area contributed by atoms with Gasteiger partial charge in [-0.1, -0.05) is 6.58 Å². The monoisotopic (exact) mass is 144 g/mol. The van der Waals surface area contributed by atoms with Gasteiger partial charge in [-0.05, 0) is 13.3 Å². The van der Waals surface area contributed by atoms with Gasteiger partial charge in [0.05, 0.1) is 0 Å².